The molecule has 0 bridgehead atoms. The Morgan fingerprint density at radius 2 is 1.11 bits per heavy atom. The third kappa shape index (κ3) is 7.99. The van der Waals surface area contributed by atoms with Gasteiger partial charge in [-0.2, -0.15) is 0 Å². The van der Waals surface area contributed by atoms with E-state index in [0.29, 0.717) is 46.8 Å². The summed E-state index contributed by atoms with van der Waals surface area (Å²) in [5.74, 6) is 3.97. The number of aliphatic hydroxyl groups is 1. The Labute approximate surface area is 231 Å². The lowest BCUT2D eigenvalue weighted by Gasteiger charge is -2.31. The molecule has 1 atom stereocenters. The average molecular weight is 565 g/mol. The topological polar surface area (TPSA) is 93.7 Å². The van der Waals surface area contributed by atoms with E-state index in [4.69, 9.17) is 33.2 Å². The van der Waals surface area contributed by atoms with Crippen LogP contribution in [0.2, 0.25) is 0 Å². The number of quaternary nitrogens is 2. The van der Waals surface area contributed by atoms with E-state index in [0.717, 1.165) is 31.9 Å². The number of benzene rings is 2. The molecule has 1 aliphatic heterocycles. The normalized spacial score (nSPS) is 17.4. The third-order valence-electron chi connectivity index (χ3n) is 6.24. The van der Waals surface area contributed by atoms with Crippen LogP contribution in [-0.4, -0.2) is 93.2 Å². The number of hydrogen-bond donors (Lipinski definition) is 3. The molecular weight excluding hydrogens is 527 g/mol. The van der Waals surface area contributed by atoms with Crippen molar-refractivity contribution in [2.45, 2.75) is 6.10 Å². The van der Waals surface area contributed by atoms with Gasteiger partial charge in [0.05, 0.1) is 42.7 Å². The molecule has 3 rings (SSSR count). The standard InChI is InChI=1S/C25H36N2O8.2ClH/c1-29-20-11-17(12-21(30-2)24(20)33-5)27-9-7-26(8-10-27)15-18(28)16-35-19-13-22(31-3)25(34-6)23(14-19)32-4;;/h11-14,18,28H,7-10,15-16H2,1-6H3;2*1H. The van der Waals surface area contributed by atoms with Crippen LogP contribution in [0.5, 0.6) is 40.2 Å². The van der Waals surface area contributed by atoms with Crippen molar-refractivity contribution in [1.82, 2.24) is 0 Å². The molecule has 1 aliphatic rings. The molecule has 3 N–H and O–H groups in total. The molecule has 10 nitrogen and oxygen atoms in total. The number of nitrogens with one attached hydrogen (secondary N) is 2. The molecule has 12 heteroatoms. The highest BCUT2D eigenvalue weighted by Crippen LogP contribution is 2.41. The summed E-state index contributed by atoms with van der Waals surface area (Å²) >= 11 is 0. The van der Waals surface area contributed by atoms with Gasteiger partial charge in [0.2, 0.25) is 11.5 Å². The van der Waals surface area contributed by atoms with Crippen LogP contribution < -0.4 is 67.8 Å². The molecule has 37 heavy (non-hydrogen) atoms. The smallest absolute Gasteiger partial charge is 0.203 e. The van der Waals surface area contributed by atoms with Gasteiger partial charge in [-0.15, -0.1) is 0 Å². The number of methoxy groups -OCH3 is 6. The molecule has 1 saturated heterocycles. The van der Waals surface area contributed by atoms with Crippen molar-refractivity contribution in [3.63, 3.8) is 0 Å². The van der Waals surface area contributed by atoms with Gasteiger partial charge in [0.15, 0.2) is 23.0 Å². The van der Waals surface area contributed by atoms with E-state index < -0.39 is 6.10 Å². The summed E-state index contributed by atoms with van der Waals surface area (Å²) in [6.07, 6.45) is -0.605. The van der Waals surface area contributed by atoms with Crippen molar-refractivity contribution in [3.8, 4) is 40.2 Å². The fourth-order valence-corrected chi connectivity index (χ4v) is 4.41. The quantitative estimate of drug-likeness (QED) is 0.234. The Morgan fingerprint density at radius 3 is 1.51 bits per heavy atom. The molecule has 210 valence electrons. The highest BCUT2D eigenvalue weighted by Gasteiger charge is 2.28. The SMILES string of the molecule is COc1cc(OCC(O)C[NH+]2CC[NH+](c3cc(OC)c(OC)c(OC)c3)CC2)cc(OC)c1OC.[Cl-].[Cl-]. The molecular formula is C25H38Cl2N2O8. The van der Waals surface area contributed by atoms with Crippen molar-refractivity contribution >= 4 is 5.69 Å². The molecule has 0 aliphatic carbocycles. The zero-order chi connectivity index (χ0) is 25.4. The van der Waals surface area contributed by atoms with Gasteiger partial charge in [0.1, 0.15) is 56.9 Å². The maximum Gasteiger partial charge on any atom is 0.203 e. The fourth-order valence-electron chi connectivity index (χ4n) is 4.41. The molecule has 1 fully saturated rings. The lowest BCUT2D eigenvalue weighted by Crippen LogP contribution is -3.26. The summed E-state index contributed by atoms with van der Waals surface area (Å²) in [5, 5.41) is 10.6. The molecule has 0 spiro atoms. The summed E-state index contributed by atoms with van der Waals surface area (Å²) in [7, 11) is 9.51. The molecule has 0 radical (unpaired) electrons. The second kappa shape index (κ2) is 15.7. The number of rotatable bonds is 12. The number of aliphatic hydroxyl groups excluding tert-OH is 1. The monoisotopic (exact) mass is 564 g/mol. The van der Waals surface area contributed by atoms with Crippen molar-refractivity contribution in [2.24, 2.45) is 0 Å². The minimum absolute atomic E-state index is 0. The Kier molecular flexibility index (Phi) is 13.8. The van der Waals surface area contributed by atoms with E-state index in [-0.39, 0.29) is 31.4 Å². The van der Waals surface area contributed by atoms with Crippen molar-refractivity contribution < 1.29 is 72.9 Å². The number of ether oxygens (including phenoxy) is 7. The van der Waals surface area contributed by atoms with Gasteiger partial charge in [-0.25, -0.2) is 0 Å². The maximum absolute atomic E-state index is 10.6. The third-order valence-corrected chi connectivity index (χ3v) is 6.24. The number of halogens is 2. The second-order valence-electron chi connectivity index (χ2n) is 8.30. The molecule has 0 aromatic heterocycles. The van der Waals surface area contributed by atoms with E-state index in [2.05, 4.69) is 0 Å². The van der Waals surface area contributed by atoms with Gasteiger partial charge in [-0.1, -0.05) is 0 Å². The van der Waals surface area contributed by atoms with Crippen LogP contribution in [-0.2, 0) is 0 Å². The van der Waals surface area contributed by atoms with Crippen LogP contribution in [0.4, 0.5) is 5.69 Å². The second-order valence-corrected chi connectivity index (χ2v) is 8.30. The van der Waals surface area contributed by atoms with Crippen LogP contribution in [0.25, 0.3) is 0 Å². The van der Waals surface area contributed by atoms with E-state index in [1.165, 1.54) is 9.80 Å². The minimum Gasteiger partial charge on any atom is -1.00 e. The van der Waals surface area contributed by atoms with E-state index in [1.807, 2.05) is 12.1 Å². The van der Waals surface area contributed by atoms with Crippen LogP contribution in [0, 0.1) is 0 Å². The summed E-state index contributed by atoms with van der Waals surface area (Å²) < 4.78 is 38.3. The zero-order valence-electron chi connectivity index (χ0n) is 22.2. The molecule has 2 aromatic carbocycles. The van der Waals surface area contributed by atoms with Crippen molar-refractivity contribution in [2.75, 3.05) is 82.0 Å². The van der Waals surface area contributed by atoms with Crippen LogP contribution in [0.15, 0.2) is 24.3 Å². The summed E-state index contributed by atoms with van der Waals surface area (Å²) in [6.45, 7) is 4.47. The van der Waals surface area contributed by atoms with E-state index in [9.17, 15) is 5.11 Å². The van der Waals surface area contributed by atoms with Crippen molar-refractivity contribution in [3.05, 3.63) is 24.3 Å². The Bertz CT molecular complexity index is 924. The predicted octanol–water partition coefficient (Wildman–Crippen LogP) is -6.40. The van der Waals surface area contributed by atoms with Gasteiger partial charge in [0, 0.05) is 24.3 Å². The first-order chi connectivity index (χ1) is 17.0. The molecule has 1 heterocycles. The summed E-state index contributed by atoms with van der Waals surface area (Å²) in [5.41, 5.74) is 1.10. The Morgan fingerprint density at radius 1 is 0.676 bits per heavy atom. The maximum atomic E-state index is 10.6. The van der Waals surface area contributed by atoms with E-state index >= 15 is 0 Å². The average Bonchev–Trinajstić information content (AvgIpc) is 2.90. The van der Waals surface area contributed by atoms with E-state index in [1.54, 1.807) is 54.8 Å². The lowest BCUT2D eigenvalue weighted by molar-refractivity contribution is -0.988. The van der Waals surface area contributed by atoms with Crippen molar-refractivity contribution in [1.29, 1.82) is 0 Å². The Hall–Kier alpha value is -2.50. The highest BCUT2D eigenvalue weighted by atomic mass is 35.5. The fraction of sp³-hybridized carbons (Fsp3) is 0.520. The molecule has 2 aromatic rings. The predicted molar refractivity (Wildman–Crippen MR) is 130 cm³/mol. The zero-order valence-corrected chi connectivity index (χ0v) is 23.7. The number of hydrogen-bond acceptors (Lipinski definition) is 8. The first-order valence-corrected chi connectivity index (χ1v) is 11.6. The first kappa shape index (κ1) is 32.5. The van der Waals surface area contributed by atoms with Gasteiger partial charge in [-0.05, 0) is 0 Å². The van der Waals surface area contributed by atoms with Crippen LogP contribution in [0.1, 0.15) is 0 Å². The Balaban J connectivity index is 0.00000342. The lowest BCUT2D eigenvalue weighted by atomic mass is 10.2. The minimum atomic E-state index is -0.605. The van der Waals surface area contributed by atoms with Crippen LogP contribution in [0.3, 0.4) is 0 Å². The first-order valence-electron chi connectivity index (χ1n) is 11.6. The molecule has 0 amide bonds. The summed E-state index contributed by atoms with van der Waals surface area (Å²) in [4.78, 5) is 2.68. The van der Waals surface area contributed by atoms with Gasteiger partial charge in [0.25, 0.3) is 0 Å². The summed E-state index contributed by atoms with van der Waals surface area (Å²) in [6, 6.07) is 7.45. The van der Waals surface area contributed by atoms with Gasteiger partial charge >= 0.3 is 0 Å². The molecule has 0 saturated carbocycles. The van der Waals surface area contributed by atoms with Gasteiger partial charge in [-0.3, -0.25) is 4.90 Å². The van der Waals surface area contributed by atoms with Gasteiger partial charge < -0.3 is 68.0 Å². The largest absolute Gasteiger partial charge is 1.00 e. The molecule has 1 unspecified atom stereocenters. The number of piperazine rings is 1. The van der Waals surface area contributed by atoms with Crippen LogP contribution >= 0.6 is 0 Å². The highest BCUT2D eigenvalue weighted by molar-refractivity contribution is 5.58.